The molecule has 0 saturated heterocycles. The molecule has 3 aromatic carbocycles. The molecule has 2 amide bonds. The Morgan fingerprint density at radius 3 is 2.28 bits per heavy atom. The Balaban J connectivity index is 1.84. The Labute approximate surface area is 174 Å². The van der Waals surface area contributed by atoms with Gasteiger partial charge in [0.15, 0.2) is 0 Å². The molecule has 5 heteroatoms. The molecular formula is C24H19ClN2O2. The fourth-order valence-corrected chi connectivity index (χ4v) is 3.65. The van der Waals surface area contributed by atoms with Gasteiger partial charge in [-0.05, 0) is 60.9 Å². The van der Waals surface area contributed by atoms with Crippen molar-refractivity contribution in [3.8, 4) is 0 Å². The summed E-state index contributed by atoms with van der Waals surface area (Å²) in [4.78, 5) is 27.9. The molecule has 0 atom stereocenters. The number of carbonyl (C=O) groups excluding carboxylic acids is 2. The molecule has 3 aromatic rings. The minimum absolute atomic E-state index is 0.258. The Morgan fingerprint density at radius 1 is 0.828 bits per heavy atom. The summed E-state index contributed by atoms with van der Waals surface area (Å²) >= 11 is 6.06. The van der Waals surface area contributed by atoms with E-state index in [1.54, 1.807) is 18.2 Å². The molecule has 0 aromatic heterocycles. The smallest absolute Gasteiger partial charge is 0.282 e. The predicted molar refractivity (Wildman–Crippen MR) is 117 cm³/mol. The summed E-state index contributed by atoms with van der Waals surface area (Å²) in [5.41, 5.74) is 4.43. The summed E-state index contributed by atoms with van der Waals surface area (Å²) in [5.74, 6) is -0.727. The maximum Gasteiger partial charge on any atom is 0.282 e. The van der Waals surface area contributed by atoms with Gasteiger partial charge in [-0.25, -0.2) is 4.90 Å². The zero-order chi connectivity index (χ0) is 20.5. The van der Waals surface area contributed by atoms with Gasteiger partial charge in [0.05, 0.1) is 11.3 Å². The van der Waals surface area contributed by atoms with E-state index >= 15 is 0 Å². The Kier molecular flexibility index (Phi) is 4.95. The van der Waals surface area contributed by atoms with Crippen LogP contribution in [0, 0.1) is 13.8 Å². The molecule has 1 aliphatic rings. The van der Waals surface area contributed by atoms with E-state index < -0.39 is 0 Å². The number of carbonyl (C=O) groups is 2. The number of amides is 2. The molecule has 4 rings (SSSR count). The quantitative estimate of drug-likeness (QED) is 0.598. The molecular weight excluding hydrogens is 384 g/mol. The van der Waals surface area contributed by atoms with Gasteiger partial charge in [0.25, 0.3) is 11.8 Å². The van der Waals surface area contributed by atoms with Crippen molar-refractivity contribution in [1.29, 1.82) is 0 Å². The van der Waals surface area contributed by atoms with Crippen LogP contribution in [0.3, 0.4) is 0 Å². The number of hydrogen-bond donors (Lipinski definition) is 1. The number of rotatable bonds is 4. The normalized spacial score (nSPS) is 14.0. The van der Waals surface area contributed by atoms with E-state index in [1.807, 2.05) is 68.4 Å². The van der Waals surface area contributed by atoms with E-state index in [4.69, 9.17) is 11.6 Å². The van der Waals surface area contributed by atoms with Gasteiger partial charge in [-0.3, -0.25) is 9.59 Å². The third kappa shape index (κ3) is 3.55. The second-order valence-electron chi connectivity index (χ2n) is 6.98. The summed E-state index contributed by atoms with van der Waals surface area (Å²) in [7, 11) is 0. The Bertz CT molecular complexity index is 1150. The van der Waals surface area contributed by atoms with Crippen molar-refractivity contribution in [2.24, 2.45) is 0 Å². The maximum atomic E-state index is 13.4. The summed E-state index contributed by atoms with van der Waals surface area (Å²) in [6.07, 6.45) is 0. The molecule has 0 radical (unpaired) electrons. The van der Waals surface area contributed by atoms with Gasteiger partial charge >= 0.3 is 0 Å². The van der Waals surface area contributed by atoms with Crippen LogP contribution in [-0.4, -0.2) is 11.8 Å². The Morgan fingerprint density at radius 2 is 1.59 bits per heavy atom. The molecule has 0 saturated carbocycles. The average Bonchev–Trinajstić information content (AvgIpc) is 2.94. The zero-order valence-electron chi connectivity index (χ0n) is 16.1. The van der Waals surface area contributed by atoms with Crippen molar-refractivity contribution in [2.45, 2.75) is 13.8 Å². The highest BCUT2D eigenvalue weighted by atomic mass is 35.5. The number of nitrogens with zero attached hydrogens (tertiary/aromatic N) is 1. The van der Waals surface area contributed by atoms with Crippen molar-refractivity contribution in [3.63, 3.8) is 0 Å². The van der Waals surface area contributed by atoms with E-state index in [2.05, 4.69) is 5.32 Å². The molecule has 0 unspecified atom stereocenters. The van der Waals surface area contributed by atoms with E-state index in [1.165, 1.54) is 4.90 Å². The minimum atomic E-state index is -0.381. The first kappa shape index (κ1) is 19.0. The lowest BCUT2D eigenvalue weighted by Gasteiger charge is -2.16. The second-order valence-corrected chi connectivity index (χ2v) is 7.42. The summed E-state index contributed by atoms with van der Waals surface area (Å²) in [6, 6.07) is 22.0. The van der Waals surface area contributed by atoms with Gasteiger partial charge in [-0.15, -0.1) is 0 Å². The first-order valence-corrected chi connectivity index (χ1v) is 9.62. The van der Waals surface area contributed by atoms with Crippen molar-refractivity contribution in [2.75, 3.05) is 10.2 Å². The standard InChI is InChI=1S/C24H19ClN2O2/c1-15-7-6-10-19(13-15)27-23(28)21(17-8-4-3-5-9-17)22(24(27)29)26-20-12-11-18(25)14-16(20)2/h3-14,26H,1-2H3. The van der Waals surface area contributed by atoms with Crippen LogP contribution in [-0.2, 0) is 9.59 Å². The fraction of sp³-hybridized carbons (Fsp3) is 0.0833. The lowest BCUT2D eigenvalue weighted by molar-refractivity contribution is -0.120. The van der Waals surface area contributed by atoms with Crippen LogP contribution in [0.5, 0.6) is 0 Å². The van der Waals surface area contributed by atoms with Crippen LogP contribution in [0.4, 0.5) is 11.4 Å². The van der Waals surface area contributed by atoms with Crippen molar-refractivity contribution >= 4 is 40.4 Å². The number of anilines is 2. The fourth-order valence-electron chi connectivity index (χ4n) is 3.42. The zero-order valence-corrected chi connectivity index (χ0v) is 16.8. The largest absolute Gasteiger partial charge is 0.350 e. The SMILES string of the molecule is Cc1cccc(N2C(=O)C(Nc3ccc(Cl)cc3C)=C(c3ccccc3)C2=O)c1. The maximum absolute atomic E-state index is 13.4. The van der Waals surface area contributed by atoms with Crippen molar-refractivity contribution < 1.29 is 9.59 Å². The van der Waals surface area contributed by atoms with Crippen molar-refractivity contribution in [3.05, 3.63) is 100 Å². The lowest BCUT2D eigenvalue weighted by atomic mass is 10.0. The number of aryl methyl sites for hydroxylation is 2. The number of hydrogen-bond acceptors (Lipinski definition) is 3. The molecule has 0 spiro atoms. The predicted octanol–water partition coefficient (Wildman–Crippen LogP) is 5.35. The van der Waals surface area contributed by atoms with Crippen LogP contribution in [0.1, 0.15) is 16.7 Å². The molecule has 0 bridgehead atoms. The molecule has 29 heavy (non-hydrogen) atoms. The molecule has 0 fully saturated rings. The first-order valence-electron chi connectivity index (χ1n) is 9.24. The number of imide groups is 1. The van der Waals surface area contributed by atoms with Crippen LogP contribution >= 0.6 is 11.6 Å². The summed E-state index contributed by atoms with van der Waals surface area (Å²) in [6.45, 7) is 3.83. The number of halogens is 1. The van der Waals surface area contributed by atoms with Gasteiger partial charge in [-0.1, -0.05) is 54.1 Å². The molecule has 0 aliphatic carbocycles. The van der Waals surface area contributed by atoms with E-state index in [-0.39, 0.29) is 17.5 Å². The van der Waals surface area contributed by atoms with Crippen molar-refractivity contribution in [1.82, 2.24) is 0 Å². The second kappa shape index (κ2) is 7.57. The highest BCUT2D eigenvalue weighted by Crippen LogP contribution is 2.34. The van der Waals surface area contributed by atoms with Gasteiger partial charge in [0.1, 0.15) is 5.70 Å². The van der Waals surface area contributed by atoms with Gasteiger partial charge in [0.2, 0.25) is 0 Å². The third-order valence-electron chi connectivity index (χ3n) is 4.85. The summed E-state index contributed by atoms with van der Waals surface area (Å²) < 4.78 is 0. The van der Waals surface area contributed by atoms with Crippen LogP contribution in [0.25, 0.3) is 5.57 Å². The van der Waals surface area contributed by atoms with Crippen LogP contribution < -0.4 is 10.2 Å². The summed E-state index contributed by atoms with van der Waals surface area (Å²) in [5, 5.41) is 3.80. The van der Waals surface area contributed by atoms with Crippen LogP contribution in [0.2, 0.25) is 5.02 Å². The molecule has 1 N–H and O–H groups in total. The molecule has 4 nitrogen and oxygen atoms in total. The van der Waals surface area contributed by atoms with Gasteiger partial charge < -0.3 is 5.32 Å². The van der Waals surface area contributed by atoms with E-state index in [9.17, 15) is 9.59 Å². The van der Waals surface area contributed by atoms with E-state index in [0.29, 0.717) is 21.8 Å². The highest BCUT2D eigenvalue weighted by Gasteiger charge is 2.40. The lowest BCUT2D eigenvalue weighted by Crippen LogP contribution is -2.32. The Hall–Kier alpha value is -3.37. The molecule has 144 valence electrons. The average molecular weight is 403 g/mol. The topological polar surface area (TPSA) is 49.4 Å². The minimum Gasteiger partial charge on any atom is -0.350 e. The first-order chi connectivity index (χ1) is 14.0. The monoisotopic (exact) mass is 402 g/mol. The number of benzene rings is 3. The highest BCUT2D eigenvalue weighted by molar-refractivity contribution is 6.46. The number of nitrogens with one attached hydrogen (secondary N) is 1. The van der Waals surface area contributed by atoms with Gasteiger partial charge in [-0.2, -0.15) is 0 Å². The van der Waals surface area contributed by atoms with Crippen LogP contribution in [0.15, 0.2) is 78.5 Å². The molecule has 1 aliphatic heterocycles. The third-order valence-corrected chi connectivity index (χ3v) is 5.09. The van der Waals surface area contributed by atoms with E-state index in [0.717, 1.165) is 16.8 Å². The molecule has 1 heterocycles. The van der Waals surface area contributed by atoms with Gasteiger partial charge in [0, 0.05) is 10.7 Å².